The number of hydrogen-bond donors (Lipinski definition) is 1. The van der Waals surface area contributed by atoms with E-state index >= 15 is 0 Å². The van der Waals surface area contributed by atoms with Gasteiger partial charge in [-0.05, 0) is 36.2 Å². The number of carbonyl (C=O) groups is 2. The number of ether oxygens (including phenoxy) is 3. The SMILES string of the molecule is O=C(COC(=O)c1ccccn1)NCCc1ccc2c(c1)OCCO2. The number of aromatic nitrogens is 1. The van der Waals surface area contributed by atoms with E-state index in [9.17, 15) is 9.59 Å². The number of nitrogens with one attached hydrogen (secondary N) is 1. The van der Waals surface area contributed by atoms with Crippen molar-refractivity contribution in [2.45, 2.75) is 6.42 Å². The van der Waals surface area contributed by atoms with E-state index in [-0.39, 0.29) is 18.2 Å². The van der Waals surface area contributed by atoms with E-state index in [0.29, 0.717) is 26.2 Å². The Morgan fingerprint density at radius 3 is 2.76 bits per heavy atom. The fourth-order valence-corrected chi connectivity index (χ4v) is 2.33. The lowest BCUT2D eigenvalue weighted by Gasteiger charge is -2.18. The first kappa shape index (κ1) is 16.8. The van der Waals surface area contributed by atoms with Gasteiger partial charge in [-0.1, -0.05) is 12.1 Å². The van der Waals surface area contributed by atoms with Gasteiger partial charge in [0.15, 0.2) is 18.1 Å². The molecule has 0 saturated carbocycles. The maximum atomic E-state index is 11.7. The third kappa shape index (κ3) is 4.69. The molecule has 0 fully saturated rings. The van der Waals surface area contributed by atoms with Crippen molar-refractivity contribution < 1.29 is 23.8 Å². The Morgan fingerprint density at radius 2 is 1.96 bits per heavy atom. The van der Waals surface area contributed by atoms with Crippen molar-refractivity contribution in [2.75, 3.05) is 26.4 Å². The number of amides is 1. The molecule has 7 nitrogen and oxygen atoms in total. The van der Waals surface area contributed by atoms with Crippen molar-refractivity contribution in [1.82, 2.24) is 10.3 Å². The zero-order valence-corrected chi connectivity index (χ0v) is 13.6. The molecule has 7 heteroatoms. The van der Waals surface area contributed by atoms with Gasteiger partial charge < -0.3 is 19.5 Å². The minimum atomic E-state index is -0.623. The van der Waals surface area contributed by atoms with Crippen molar-refractivity contribution in [1.29, 1.82) is 0 Å². The molecule has 0 bridgehead atoms. The van der Waals surface area contributed by atoms with E-state index in [4.69, 9.17) is 14.2 Å². The number of benzene rings is 1. The van der Waals surface area contributed by atoms with Gasteiger partial charge in [0, 0.05) is 12.7 Å². The van der Waals surface area contributed by atoms with Gasteiger partial charge in [-0.15, -0.1) is 0 Å². The fraction of sp³-hybridized carbons (Fsp3) is 0.278. The Hall–Kier alpha value is -3.09. The Morgan fingerprint density at radius 1 is 1.12 bits per heavy atom. The highest BCUT2D eigenvalue weighted by molar-refractivity contribution is 5.89. The van der Waals surface area contributed by atoms with E-state index < -0.39 is 5.97 Å². The zero-order valence-electron chi connectivity index (χ0n) is 13.6. The summed E-state index contributed by atoms with van der Waals surface area (Å²) < 4.78 is 15.9. The van der Waals surface area contributed by atoms with Crippen LogP contribution in [0.4, 0.5) is 0 Å². The predicted octanol–water partition coefficient (Wildman–Crippen LogP) is 1.37. The molecule has 0 aliphatic carbocycles. The van der Waals surface area contributed by atoms with Crippen molar-refractivity contribution in [2.24, 2.45) is 0 Å². The normalized spacial score (nSPS) is 12.3. The molecule has 1 aliphatic heterocycles. The van der Waals surface area contributed by atoms with Crippen LogP contribution in [0.1, 0.15) is 16.1 Å². The molecular weight excluding hydrogens is 324 g/mol. The summed E-state index contributed by atoms with van der Waals surface area (Å²) in [4.78, 5) is 27.3. The number of carbonyl (C=O) groups excluding carboxylic acids is 2. The average molecular weight is 342 g/mol. The third-order valence-electron chi connectivity index (χ3n) is 3.55. The molecule has 0 atom stereocenters. The summed E-state index contributed by atoms with van der Waals surface area (Å²) in [7, 11) is 0. The Labute approximate surface area is 144 Å². The summed E-state index contributed by atoms with van der Waals surface area (Å²) in [6.45, 7) is 1.19. The standard InChI is InChI=1S/C18H18N2O5/c21-17(12-25-18(22)14-3-1-2-7-19-14)20-8-6-13-4-5-15-16(11-13)24-10-9-23-15/h1-5,7,11H,6,8-10,12H2,(H,20,21). The highest BCUT2D eigenvalue weighted by atomic mass is 16.6. The predicted molar refractivity (Wildman–Crippen MR) is 88.7 cm³/mol. The van der Waals surface area contributed by atoms with Crippen molar-refractivity contribution in [3.05, 3.63) is 53.9 Å². The van der Waals surface area contributed by atoms with E-state index in [1.807, 2.05) is 18.2 Å². The third-order valence-corrected chi connectivity index (χ3v) is 3.55. The van der Waals surface area contributed by atoms with Gasteiger partial charge in [0.05, 0.1) is 0 Å². The van der Waals surface area contributed by atoms with E-state index in [0.717, 1.165) is 17.1 Å². The lowest BCUT2D eigenvalue weighted by molar-refractivity contribution is -0.124. The lowest BCUT2D eigenvalue weighted by atomic mass is 10.1. The second kappa shape index (κ2) is 8.14. The van der Waals surface area contributed by atoms with E-state index in [2.05, 4.69) is 10.3 Å². The number of pyridine rings is 1. The maximum Gasteiger partial charge on any atom is 0.357 e. The largest absolute Gasteiger partial charge is 0.486 e. The lowest BCUT2D eigenvalue weighted by Crippen LogP contribution is -2.30. The summed E-state index contributed by atoms with van der Waals surface area (Å²) in [6.07, 6.45) is 2.13. The molecule has 2 aromatic rings. The smallest absolute Gasteiger partial charge is 0.357 e. The number of fused-ring (bicyclic) bond motifs is 1. The maximum absolute atomic E-state index is 11.7. The fourth-order valence-electron chi connectivity index (χ4n) is 2.33. The van der Waals surface area contributed by atoms with Crippen LogP contribution in [0.15, 0.2) is 42.6 Å². The molecule has 3 rings (SSSR count). The monoisotopic (exact) mass is 342 g/mol. The zero-order chi connectivity index (χ0) is 17.5. The molecule has 0 saturated heterocycles. The minimum absolute atomic E-state index is 0.173. The van der Waals surface area contributed by atoms with Gasteiger partial charge in [0.2, 0.25) is 0 Å². The summed E-state index contributed by atoms with van der Waals surface area (Å²) in [5.74, 6) is 0.476. The molecule has 0 spiro atoms. The van der Waals surface area contributed by atoms with Crippen LogP contribution in [0.2, 0.25) is 0 Å². The number of hydrogen-bond acceptors (Lipinski definition) is 6. The molecule has 0 unspecified atom stereocenters. The van der Waals surface area contributed by atoms with Crippen LogP contribution in [0.25, 0.3) is 0 Å². The highest BCUT2D eigenvalue weighted by Gasteiger charge is 2.12. The van der Waals surface area contributed by atoms with Gasteiger partial charge >= 0.3 is 5.97 Å². The average Bonchev–Trinajstić information content (AvgIpc) is 2.66. The second-order valence-corrected chi connectivity index (χ2v) is 5.37. The quantitative estimate of drug-likeness (QED) is 0.798. The summed E-state index contributed by atoms with van der Waals surface area (Å²) in [5, 5.41) is 2.71. The van der Waals surface area contributed by atoms with Gasteiger partial charge in [0.1, 0.15) is 18.9 Å². The first-order valence-electron chi connectivity index (χ1n) is 7.96. The van der Waals surface area contributed by atoms with Gasteiger partial charge in [-0.2, -0.15) is 0 Å². The van der Waals surface area contributed by atoms with Crippen LogP contribution in [0.3, 0.4) is 0 Å². The van der Waals surface area contributed by atoms with Crippen LogP contribution < -0.4 is 14.8 Å². The Kier molecular flexibility index (Phi) is 5.46. The number of esters is 1. The van der Waals surface area contributed by atoms with Gasteiger partial charge in [-0.3, -0.25) is 4.79 Å². The van der Waals surface area contributed by atoms with Crippen molar-refractivity contribution >= 4 is 11.9 Å². The first-order valence-corrected chi connectivity index (χ1v) is 7.96. The molecule has 1 aromatic heterocycles. The molecule has 1 aliphatic rings. The molecule has 25 heavy (non-hydrogen) atoms. The van der Waals surface area contributed by atoms with Crippen LogP contribution in [-0.2, 0) is 16.0 Å². The van der Waals surface area contributed by atoms with Crippen molar-refractivity contribution in [3.63, 3.8) is 0 Å². The highest BCUT2D eigenvalue weighted by Crippen LogP contribution is 2.30. The number of rotatable bonds is 6. The molecular formula is C18H18N2O5. The molecule has 2 heterocycles. The van der Waals surface area contributed by atoms with Crippen LogP contribution >= 0.6 is 0 Å². The number of nitrogens with zero attached hydrogens (tertiary/aromatic N) is 1. The summed E-state index contributed by atoms with van der Waals surface area (Å²) in [6, 6.07) is 10.6. The van der Waals surface area contributed by atoms with Crippen LogP contribution in [0, 0.1) is 0 Å². The van der Waals surface area contributed by atoms with E-state index in [1.165, 1.54) is 12.3 Å². The van der Waals surface area contributed by atoms with E-state index in [1.54, 1.807) is 12.1 Å². The Bertz CT molecular complexity index is 748. The topological polar surface area (TPSA) is 86.8 Å². The molecule has 1 amide bonds. The van der Waals surface area contributed by atoms with Crippen LogP contribution in [0.5, 0.6) is 11.5 Å². The van der Waals surface area contributed by atoms with Crippen molar-refractivity contribution in [3.8, 4) is 11.5 Å². The first-order chi connectivity index (χ1) is 12.2. The molecule has 130 valence electrons. The van der Waals surface area contributed by atoms with Gasteiger partial charge in [0.25, 0.3) is 5.91 Å². The minimum Gasteiger partial charge on any atom is -0.486 e. The molecule has 0 radical (unpaired) electrons. The molecule has 1 aromatic carbocycles. The summed E-state index contributed by atoms with van der Waals surface area (Å²) >= 11 is 0. The van der Waals surface area contributed by atoms with Crippen LogP contribution in [-0.4, -0.2) is 43.2 Å². The molecule has 1 N–H and O–H groups in total. The Balaban J connectivity index is 1.40. The summed E-state index contributed by atoms with van der Waals surface area (Å²) in [5.41, 5.74) is 1.20. The second-order valence-electron chi connectivity index (χ2n) is 5.37. The van der Waals surface area contributed by atoms with Gasteiger partial charge in [-0.25, -0.2) is 9.78 Å².